The summed E-state index contributed by atoms with van der Waals surface area (Å²) in [6.45, 7) is 2.00. The average Bonchev–Trinajstić information content (AvgIpc) is 3.03. The highest BCUT2D eigenvalue weighted by Crippen LogP contribution is 2.34. The highest BCUT2D eigenvalue weighted by atomic mass is 35.5. The molecule has 0 atom stereocenters. The molecule has 1 N–H and O–H groups in total. The monoisotopic (exact) mass is 353 g/mol. The SMILES string of the molecule is COc1cc(Cl)c(C=C(C#N)c2nc3ccc(C)cc3[nH]2)cc1OC. The molecule has 0 saturated heterocycles. The Morgan fingerprint density at radius 2 is 1.92 bits per heavy atom. The third-order valence-electron chi connectivity index (χ3n) is 3.82. The summed E-state index contributed by atoms with van der Waals surface area (Å²) in [5.41, 5.74) is 3.83. The molecule has 25 heavy (non-hydrogen) atoms. The van der Waals surface area contributed by atoms with Crippen LogP contribution in [-0.2, 0) is 0 Å². The van der Waals surface area contributed by atoms with E-state index < -0.39 is 0 Å². The molecule has 3 rings (SSSR count). The number of aromatic amines is 1. The van der Waals surface area contributed by atoms with E-state index in [1.807, 2.05) is 25.1 Å². The zero-order chi connectivity index (χ0) is 18.0. The third-order valence-corrected chi connectivity index (χ3v) is 4.14. The fourth-order valence-electron chi connectivity index (χ4n) is 2.54. The van der Waals surface area contributed by atoms with Crippen molar-refractivity contribution in [3.63, 3.8) is 0 Å². The van der Waals surface area contributed by atoms with Crippen molar-refractivity contribution < 1.29 is 9.47 Å². The number of rotatable bonds is 4. The molecule has 6 heteroatoms. The number of fused-ring (bicyclic) bond motifs is 1. The highest BCUT2D eigenvalue weighted by Gasteiger charge is 2.12. The number of ether oxygens (including phenoxy) is 2. The minimum atomic E-state index is 0.378. The number of hydrogen-bond donors (Lipinski definition) is 1. The van der Waals surface area contributed by atoms with Crippen molar-refractivity contribution >= 4 is 34.3 Å². The third kappa shape index (κ3) is 3.30. The van der Waals surface area contributed by atoms with Gasteiger partial charge in [0.05, 0.1) is 35.8 Å². The van der Waals surface area contributed by atoms with E-state index in [0.717, 1.165) is 16.6 Å². The van der Waals surface area contributed by atoms with E-state index in [0.29, 0.717) is 33.5 Å². The lowest BCUT2D eigenvalue weighted by atomic mass is 10.1. The van der Waals surface area contributed by atoms with E-state index in [4.69, 9.17) is 21.1 Å². The van der Waals surface area contributed by atoms with Crippen LogP contribution >= 0.6 is 11.6 Å². The van der Waals surface area contributed by atoms with Crippen LogP contribution in [0.1, 0.15) is 17.0 Å². The Hall–Kier alpha value is -2.97. The van der Waals surface area contributed by atoms with Gasteiger partial charge in [-0.15, -0.1) is 0 Å². The van der Waals surface area contributed by atoms with Gasteiger partial charge in [0.15, 0.2) is 11.5 Å². The molecule has 0 radical (unpaired) electrons. The molecule has 1 aromatic heterocycles. The lowest BCUT2D eigenvalue weighted by Crippen LogP contribution is -1.92. The summed E-state index contributed by atoms with van der Waals surface area (Å²) in [5, 5.41) is 10.0. The van der Waals surface area contributed by atoms with Gasteiger partial charge in [0, 0.05) is 6.07 Å². The van der Waals surface area contributed by atoms with Crippen molar-refractivity contribution in [1.82, 2.24) is 9.97 Å². The van der Waals surface area contributed by atoms with Crippen molar-refractivity contribution in [2.45, 2.75) is 6.92 Å². The summed E-state index contributed by atoms with van der Waals surface area (Å²) < 4.78 is 10.5. The zero-order valence-corrected chi connectivity index (χ0v) is 14.8. The number of benzene rings is 2. The molecule has 5 nitrogen and oxygen atoms in total. The van der Waals surface area contributed by atoms with Gasteiger partial charge in [0.1, 0.15) is 11.9 Å². The van der Waals surface area contributed by atoms with Gasteiger partial charge in [-0.2, -0.15) is 5.26 Å². The number of imidazole rings is 1. The summed E-state index contributed by atoms with van der Waals surface area (Å²) >= 11 is 6.30. The summed E-state index contributed by atoms with van der Waals surface area (Å²) in [6, 6.07) is 11.4. The lowest BCUT2D eigenvalue weighted by Gasteiger charge is -2.09. The molecule has 0 fully saturated rings. The van der Waals surface area contributed by atoms with E-state index in [9.17, 15) is 5.26 Å². The van der Waals surface area contributed by atoms with Gasteiger partial charge in [0.25, 0.3) is 0 Å². The second kappa shape index (κ2) is 6.88. The van der Waals surface area contributed by atoms with Gasteiger partial charge in [-0.25, -0.2) is 4.98 Å². The van der Waals surface area contributed by atoms with Crippen LogP contribution in [-0.4, -0.2) is 24.2 Å². The minimum absolute atomic E-state index is 0.378. The van der Waals surface area contributed by atoms with Crippen LogP contribution in [0.25, 0.3) is 22.7 Å². The Balaban J connectivity index is 2.09. The number of hydrogen-bond acceptors (Lipinski definition) is 4. The Kier molecular flexibility index (Phi) is 4.64. The van der Waals surface area contributed by atoms with Crippen molar-refractivity contribution in [2.24, 2.45) is 0 Å². The zero-order valence-electron chi connectivity index (χ0n) is 14.1. The van der Waals surface area contributed by atoms with Crippen molar-refractivity contribution in [2.75, 3.05) is 14.2 Å². The van der Waals surface area contributed by atoms with Gasteiger partial charge in [-0.3, -0.25) is 0 Å². The Morgan fingerprint density at radius 1 is 1.20 bits per heavy atom. The van der Waals surface area contributed by atoms with E-state index in [2.05, 4.69) is 16.0 Å². The van der Waals surface area contributed by atoms with Crippen molar-refractivity contribution in [3.05, 3.63) is 52.3 Å². The highest BCUT2D eigenvalue weighted by molar-refractivity contribution is 6.32. The number of halogens is 1. The van der Waals surface area contributed by atoms with Crippen LogP contribution < -0.4 is 9.47 Å². The molecule has 0 bridgehead atoms. The molecular weight excluding hydrogens is 338 g/mol. The smallest absolute Gasteiger partial charge is 0.162 e. The topological polar surface area (TPSA) is 70.9 Å². The average molecular weight is 354 g/mol. The molecule has 3 aromatic rings. The predicted molar refractivity (Wildman–Crippen MR) is 98.9 cm³/mol. The summed E-state index contributed by atoms with van der Waals surface area (Å²) in [7, 11) is 3.09. The number of allylic oxidation sites excluding steroid dienone is 1. The molecule has 0 saturated carbocycles. The van der Waals surface area contributed by atoms with E-state index in [-0.39, 0.29) is 0 Å². The number of aryl methyl sites for hydroxylation is 1. The van der Waals surface area contributed by atoms with Crippen LogP contribution in [0.5, 0.6) is 11.5 Å². The lowest BCUT2D eigenvalue weighted by molar-refractivity contribution is 0.355. The first-order chi connectivity index (χ1) is 12.0. The molecule has 1 heterocycles. The second-order valence-corrected chi connectivity index (χ2v) is 5.91. The Morgan fingerprint density at radius 3 is 2.60 bits per heavy atom. The van der Waals surface area contributed by atoms with Crippen LogP contribution in [0.3, 0.4) is 0 Å². The van der Waals surface area contributed by atoms with Crippen molar-refractivity contribution in [3.8, 4) is 17.6 Å². The number of nitriles is 1. The predicted octanol–water partition coefficient (Wildman–Crippen LogP) is 4.61. The maximum absolute atomic E-state index is 9.56. The van der Waals surface area contributed by atoms with E-state index >= 15 is 0 Å². The van der Waals surface area contributed by atoms with Crippen LogP contribution in [0.4, 0.5) is 0 Å². The van der Waals surface area contributed by atoms with Gasteiger partial charge < -0.3 is 14.5 Å². The molecular formula is C19H16ClN3O2. The molecule has 0 spiro atoms. The van der Waals surface area contributed by atoms with Gasteiger partial charge >= 0.3 is 0 Å². The number of aromatic nitrogens is 2. The molecule has 0 aliphatic carbocycles. The van der Waals surface area contributed by atoms with Crippen LogP contribution in [0.2, 0.25) is 5.02 Å². The van der Waals surface area contributed by atoms with Gasteiger partial charge in [-0.05, 0) is 42.3 Å². The molecule has 126 valence electrons. The maximum atomic E-state index is 9.56. The second-order valence-electron chi connectivity index (χ2n) is 5.50. The maximum Gasteiger partial charge on any atom is 0.162 e. The first-order valence-corrected chi connectivity index (χ1v) is 7.93. The Bertz CT molecular complexity index is 1020. The first kappa shape index (κ1) is 16.9. The molecule has 0 aliphatic rings. The summed E-state index contributed by atoms with van der Waals surface area (Å²) in [6.07, 6.45) is 1.68. The normalized spacial score (nSPS) is 11.4. The Labute approximate surface area is 150 Å². The van der Waals surface area contributed by atoms with Crippen LogP contribution in [0.15, 0.2) is 30.3 Å². The molecule has 2 aromatic carbocycles. The summed E-state index contributed by atoms with van der Waals surface area (Å²) in [5.74, 6) is 1.56. The number of nitrogens with zero attached hydrogens (tertiary/aromatic N) is 2. The van der Waals surface area contributed by atoms with E-state index in [1.165, 1.54) is 0 Å². The fraction of sp³-hybridized carbons (Fsp3) is 0.158. The van der Waals surface area contributed by atoms with Crippen LogP contribution in [0, 0.1) is 18.3 Å². The largest absolute Gasteiger partial charge is 0.493 e. The molecule has 0 aliphatic heterocycles. The standard InChI is InChI=1S/C19H16ClN3O2/c1-11-4-5-15-16(6-11)23-19(22-15)13(10-21)7-12-8-17(24-2)18(25-3)9-14(12)20/h4-9H,1-3H3,(H,22,23). The van der Waals surface area contributed by atoms with E-state index in [1.54, 1.807) is 32.4 Å². The number of H-pyrrole nitrogens is 1. The number of nitrogens with one attached hydrogen (secondary N) is 1. The minimum Gasteiger partial charge on any atom is -0.493 e. The fourth-order valence-corrected chi connectivity index (χ4v) is 2.75. The quantitative estimate of drug-likeness (QED) is 0.695. The molecule has 0 amide bonds. The first-order valence-electron chi connectivity index (χ1n) is 7.55. The molecule has 0 unspecified atom stereocenters. The van der Waals surface area contributed by atoms with Crippen molar-refractivity contribution in [1.29, 1.82) is 5.26 Å². The van der Waals surface area contributed by atoms with Gasteiger partial charge in [0.2, 0.25) is 0 Å². The number of methoxy groups -OCH3 is 2. The summed E-state index contributed by atoms with van der Waals surface area (Å²) in [4.78, 5) is 7.66. The van der Waals surface area contributed by atoms with Gasteiger partial charge in [-0.1, -0.05) is 17.7 Å².